The summed E-state index contributed by atoms with van der Waals surface area (Å²) in [6.07, 6.45) is 0.377. The van der Waals surface area contributed by atoms with Crippen LogP contribution in [-0.2, 0) is 9.59 Å². The Labute approximate surface area is 149 Å². The summed E-state index contributed by atoms with van der Waals surface area (Å²) in [7, 11) is 0. The van der Waals surface area contributed by atoms with Crippen molar-refractivity contribution in [3.8, 4) is 0 Å². The summed E-state index contributed by atoms with van der Waals surface area (Å²) in [5.74, 6) is -0.136. The van der Waals surface area contributed by atoms with Gasteiger partial charge in [-0.05, 0) is 30.3 Å². The molecule has 0 spiro atoms. The van der Waals surface area contributed by atoms with Crippen LogP contribution in [0.3, 0.4) is 0 Å². The van der Waals surface area contributed by atoms with Crippen LogP contribution in [-0.4, -0.2) is 22.5 Å². The van der Waals surface area contributed by atoms with E-state index in [9.17, 15) is 19.7 Å². The Bertz CT molecular complexity index is 778. The molecule has 2 amide bonds. The van der Waals surface area contributed by atoms with Gasteiger partial charge >= 0.3 is 0 Å². The number of rotatable bonds is 7. The van der Waals surface area contributed by atoms with Crippen LogP contribution in [0.25, 0.3) is 0 Å². The standard InChI is InChI=1S/C17H17N3O4S/c1-2-16(21)18-12-4-3-5-13(10-12)19-17(22)11-25-15-8-6-14(7-9-15)20(23)24/h3-10H,2,11H2,1H3,(H,18,21)(H,19,22). The average molecular weight is 359 g/mol. The molecule has 0 aromatic heterocycles. The molecular weight excluding hydrogens is 342 g/mol. The van der Waals surface area contributed by atoms with E-state index in [1.165, 1.54) is 23.9 Å². The first-order valence-corrected chi connectivity index (χ1v) is 8.53. The molecule has 2 aromatic rings. The monoisotopic (exact) mass is 359 g/mol. The Morgan fingerprint density at radius 3 is 2.20 bits per heavy atom. The summed E-state index contributed by atoms with van der Waals surface area (Å²) < 4.78 is 0. The summed E-state index contributed by atoms with van der Waals surface area (Å²) in [5.41, 5.74) is 1.22. The number of anilines is 2. The highest BCUT2D eigenvalue weighted by Crippen LogP contribution is 2.22. The second kappa shape index (κ2) is 8.84. The van der Waals surface area contributed by atoms with E-state index in [1.807, 2.05) is 0 Å². The molecule has 0 saturated carbocycles. The minimum atomic E-state index is -0.467. The molecule has 8 heteroatoms. The SMILES string of the molecule is CCC(=O)Nc1cccc(NC(=O)CSc2ccc([N+](=O)[O-])cc2)c1. The Hall–Kier alpha value is -2.87. The zero-order valence-corrected chi connectivity index (χ0v) is 14.3. The minimum absolute atomic E-state index is 0.0137. The highest BCUT2D eigenvalue weighted by Gasteiger charge is 2.07. The fourth-order valence-corrected chi connectivity index (χ4v) is 2.63. The Morgan fingerprint density at radius 1 is 1.04 bits per heavy atom. The summed E-state index contributed by atoms with van der Waals surface area (Å²) in [5, 5.41) is 16.1. The van der Waals surface area contributed by atoms with Gasteiger partial charge in [0.25, 0.3) is 5.69 Å². The molecule has 25 heavy (non-hydrogen) atoms. The fourth-order valence-electron chi connectivity index (χ4n) is 1.93. The molecule has 0 heterocycles. The predicted octanol–water partition coefficient (Wildman–Crippen LogP) is 3.67. The van der Waals surface area contributed by atoms with Crippen LogP contribution in [0.4, 0.5) is 17.1 Å². The van der Waals surface area contributed by atoms with Gasteiger partial charge in [0.15, 0.2) is 0 Å². The fraction of sp³-hybridized carbons (Fsp3) is 0.176. The van der Waals surface area contributed by atoms with Crippen LogP contribution >= 0.6 is 11.8 Å². The second-order valence-electron chi connectivity index (χ2n) is 5.07. The van der Waals surface area contributed by atoms with Crippen molar-refractivity contribution in [3.05, 3.63) is 58.6 Å². The predicted molar refractivity (Wildman–Crippen MR) is 97.8 cm³/mol. The topological polar surface area (TPSA) is 101 Å². The van der Waals surface area contributed by atoms with Crippen molar-refractivity contribution in [1.29, 1.82) is 0 Å². The van der Waals surface area contributed by atoms with E-state index in [-0.39, 0.29) is 23.3 Å². The maximum absolute atomic E-state index is 12.0. The lowest BCUT2D eigenvalue weighted by molar-refractivity contribution is -0.384. The van der Waals surface area contributed by atoms with E-state index < -0.39 is 4.92 Å². The molecule has 2 N–H and O–H groups in total. The first kappa shape index (κ1) is 18.5. The number of amides is 2. The van der Waals surface area contributed by atoms with Crippen LogP contribution in [0, 0.1) is 10.1 Å². The number of nitrogens with one attached hydrogen (secondary N) is 2. The largest absolute Gasteiger partial charge is 0.326 e. The van der Waals surface area contributed by atoms with Crippen molar-refractivity contribution in [2.24, 2.45) is 0 Å². The molecule has 2 rings (SSSR count). The molecule has 0 bridgehead atoms. The molecule has 0 fully saturated rings. The van der Waals surface area contributed by atoms with Gasteiger partial charge in [-0.3, -0.25) is 19.7 Å². The third-order valence-corrected chi connectivity index (χ3v) is 4.18. The Morgan fingerprint density at radius 2 is 1.64 bits per heavy atom. The van der Waals surface area contributed by atoms with Crippen molar-refractivity contribution >= 4 is 40.6 Å². The van der Waals surface area contributed by atoms with Gasteiger partial charge in [0.1, 0.15) is 0 Å². The van der Waals surface area contributed by atoms with Crippen molar-refractivity contribution in [2.75, 3.05) is 16.4 Å². The Kier molecular flexibility index (Phi) is 6.53. The molecule has 0 aliphatic heterocycles. The number of hydrogen-bond acceptors (Lipinski definition) is 5. The number of carbonyl (C=O) groups excluding carboxylic acids is 2. The zero-order valence-electron chi connectivity index (χ0n) is 13.5. The van der Waals surface area contributed by atoms with Crippen LogP contribution in [0.1, 0.15) is 13.3 Å². The molecule has 0 radical (unpaired) electrons. The van der Waals surface area contributed by atoms with E-state index in [2.05, 4.69) is 10.6 Å². The summed E-state index contributed by atoms with van der Waals surface area (Å²) in [6.45, 7) is 1.76. The number of carbonyl (C=O) groups is 2. The van der Waals surface area contributed by atoms with Crippen LogP contribution in [0.2, 0.25) is 0 Å². The molecule has 2 aromatic carbocycles. The number of nitrogens with zero attached hydrogens (tertiary/aromatic N) is 1. The minimum Gasteiger partial charge on any atom is -0.326 e. The number of nitro benzene ring substituents is 1. The van der Waals surface area contributed by atoms with Crippen molar-refractivity contribution < 1.29 is 14.5 Å². The molecule has 0 aliphatic rings. The molecule has 0 aliphatic carbocycles. The lowest BCUT2D eigenvalue weighted by Gasteiger charge is -2.08. The average Bonchev–Trinajstić information content (AvgIpc) is 2.60. The maximum Gasteiger partial charge on any atom is 0.269 e. The number of nitro groups is 1. The molecule has 7 nitrogen and oxygen atoms in total. The third kappa shape index (κ3) is 5.92. The first-order valence-electron chi connectivity index (χ1n) is 7.55. The van der Waals surface area contributed by atoms with E-state index in [4.69, 9.17) is 0 Å². The molecule has 0 saturated heterocycles. The van der Waals surface area contributed by atoms with Gasteiger partial charge in [0.2, 0.25) is 11.8 Å². The van der Waals surface area contributed by atoms with Crippen molar-refractivity contribution in [1.82, 2.24) is 0 Å². The van der Waals surface area contributed by atoms with Gasteiger partial charge < -0.3 is 10.6 Å². The molecule has 0 atom stereocenters. The summed E-state index contributed by atoms with van der Waals surface area (Å²) in [4.78, 5) is 34.3. The number of non-ortho nitro benzene ring substituents is 1. The van der Waals surface area contributed by atoms with Crippen LogP contribution in [0.15, 0.2) is 53.4 Å². The van der Waals surface area contributed by atoms with Gasteiger partial charge in [-0.2, -0.15) is 0 Å². The quantitative estimate of drug-likeness (QED) is 0.446. The van der Waals surface area contributed by atoms with Crippen molar-refractivity contribution in [3.63, 3.8) is 0 Å². The normalized spacial score (nSPS) is 10.1. The number of hydrogen-bond donors (Lipinski definition) is 2. The van der Waals surface area contributed by atoms with E-state index in [1.54, 1.807) is 43.3 Å². The smallest absolute Gasteiger partial charge is 0.269 e. The number of benzene rings is 2. The van der Waals surface area contributed by atoms with Crippen LogP contribution in [0.5, 0.6) is 0 Å². The van der Waals surface area contributed by atoms with Gasteiger partial charge in [-0.25, -0.2) is 0 Å². The van der Waals surface area contributed by atoms with E-state index in [0.717, 1.165) is 4.90 Å². The highest BCUT2D eigenvalue weighted by atomic mass is 32.2. The Balaban J connectivity index is 1.88. The molecule has 130 valence electrons. The lowest BCUT2D eigenvalue weighted by Crippen LogP contribution is -2.14. The zero-order chi connectivity index (χ0) is 18.2. The van der Waals surface area contributed by atoms with Crippen LogP contribution < -0.4 is 10.6 Å². The first-order chi connectivity index (χ1) is 12.0. The second-order valence-corrected chi connectivity index (χ2v) is 6.12. The summed E-state index contributed by atoms with van der Waals surface area (Å²) in [6, 6.07) is 12.9. The molecular formula is C17H17N3O4S. The van der Waals surface area contributed by atoms with Gasteiger partial charge in [0.05, 0.1) is 10.7 Å². The van der Waals surface area contributed by atoms with Gasteiger partial charge in [0, 0.05) is 34.8 Å². The summed E-state index contributed by atoms with van der Waals surface area (Å²) >= 11 is 1.28. The third-order valence-electron chi connectivity index (χ3n) is 3.17. The highest BCUT2D eigenvalue weighted by molar-refractivity contribution is 8.00. The van der Waals surface area contributed by atoms with E-state index >= 15 is 0 Å². The molecule has 0 unspecified atom stereocenters. The van der Waals surface area contributed by atoms with Gasteiger partial charge in [-0.15, -0.1) is 11.8 Å². The van der Waals surface area contributed by atoms with E-state index in [0.29, 0.717) is 17.8 Å². The van der Waals surface area contributed by atoms with Crippen molar-refractivity contribution in [2.45, 2.75) is 18.2 Å². The van der Waals surface area contributed by atoms with Gasteiger partial charge in [-0.1, -0.05) is 13.0 Å². The lowest BCUT2D eigenvalue weighted by atomic mass is 10.2. The maximum atomic E-state index is 12.0. The number of thioether (sulfide) groups is 1.